The first kappa shape index (κ1) is 58.6. The zero-order valence-electron chi connectivity index (χ0n) is 40.1. The highest BCUT2D eigenvalue weighted by molar-refractivity contribution is 5.69. The van der Waals surface area contributed by atoms with Gasteiger partial charge in [-0.05, 0) is 77.0 Å². The van der Waals surface area contributed by atoms with Crippen molar-refractivity contribution in [1.29, 1.82) is 0 Å². The third-order valence-electron chi connectivity index (χ3n) is 11.4. The smallest absolute Gasteiger partial charge is 0.306 e. The monoisotopic (exact) mass is 887 g/mol. The molecule has 0 aromatic carbocycles. The van der Waals surface area contributed by atoms with Crippen LogP contribution in [0.3, 0.4) is 0 Å². The van der Waals surface area contributed by atoms with Crippen molar-refractivity contribution in [3.05, 3.63) is 72.9 Å². The Kier molecular flexibility index (Phi) is 41.7. The van der Waals surface area contributed by atoms with Gasteiger partial charge in [0.1, 0.15) is 30.5 Å². The molecule has 1 rings (SSSR count). The maximum Gasteiger partial charge on any atom is 0.306 e. The van der Waals surface area contributed by atoms with E-state index in [4.69, 9.17) is 18.9 Å². The summed E-state index contributed by atoms with van der Waals surface area (Å²) in [5.41, 5.74) is 0. The van der Waals surface area contributed by atoms with Crippen molar-refractivity contribution < 1.29 is 44.2 Å². The van der Waals surface area contributed by atoms with Crippen LogP contribution in [0.15, 0.2) is 72.9 Å². The Morgan fingerprint density at radius 2 is 0.968 bits per heavy atom. The van der Waals surface area contributed by atoms with Gasteiger partial charge in [0.05, 0.1) is 19.8 Å². The van der Waals surface area contributed by atoms with Crippen molar-refractivity contribution in [2.45, 2.75) is 237 Å². The van der Waals surface area contributed by atoms with Gasteiger partial charge in [0.2, 0.25) is 0 Å². The number of carbonyl (C=O) groups excluding carboxylic acids is 1. The van der Waals surface area contributed by atoms with Crippen molar-refractivity contribution in [3.8, 4) is 0 Å². The van der Waals surface area contributed by atoms with Gasteiger partial charge < -0.3 is 39.4 Å². The van der Waals surface area contributed by atoms with Gasteiger partial charge in [-0.25, -0.2) is 0 Å². The van der Waals surface area contributed by atoms with E-state index in [0.29, 0.717) is 13.0 Å². The molecule has 63 heavy (non-hydrogen) atoms. The first-order valence-electron chi connectivity index (χ1n) is 25.5. The molecule has 6 unspecified atom stereocenters. The number of aliphatic hydroxyl groups is 4. The van der Waals surface area contributed by atoms with Gasteiger partial charge in [0.25, 0.3) is 0 Å². The lowest BCUT2D eigenvalue weighted by Crippen LogP contribution is -2.59. The topological polar surface area (TPSA) is 135 Å². The van der Waals surface area contributed by atoms with Crippen LogP contribution in [0.25, 0.3) is 0 Å². The first-order chi connectivity index (χ1) is 30.9. The number of ether oxygens (including phenoxy) is 4. The Bertz CT molecular complexity index is 1190. The highest BCUT2D eigenvalue weighted by atomic mass is 16.7. The van der Waals surface area contributed by atoms with Crippen LogP contribution in [0.2, 0.25) is 0 Å². The number of allylic oxidation sites excluding steroid dienone is 12. The molecule has 364 valence electrons. The number of unbranched alkanes of at least 4 members (excludes halogenated alkanes) is 20. The molecule has 0 spiro atoms. The Morgan fingerprint density at radius 3 is 1.46 bits per heavy atom. The number of rotatable bonds is 43. The highest BCUT2D eigenvalue weighted by Crippen LogP contribution is 2.23. The SMILES string of the molecule is CC/C=C\C/C=C\C/C=C\C/C=C\CCCCCCCCCCCCCCCOCC(COC1OC(CO)C(O)C(O)C1O)OC(=O)CCCCCCC/C=C\C/C=C\CCCC. The Hall–Kier alpha value is -2.37. The summed E-state index contributed by atoms with van der Waals surface area (Å²) in [6, 6.07) is 0. The third-order valence-corrected chi connectivity index (χ3v) is 11.4. The van der Waals surface area contributed by atoms with Crippen molar-refractivity contribution in [2.24, 2.45) is 0 Å². The van der Waals surface area contributed by atoms with Gasteiger partial charge in [0.15, 0.2) is 6.29 Å². The summed E-state index contributed by atoms with van der Waals surface area (Å²) >= 11 is 0. The second kappa shape index (κ2) is 44.8. The highest BCUT2D eigenvalue weighted by Gasteiger charge is 2.44. The molecule has 0 aromatic heterocycles. The third kappa shape index (κ3) is 35.6. The number of esters is 1. The van der Waals surface area contributed by atoms with Crippen LogP contribution in [-0.4, -0.2) is 89.6 Å². The molecule has 9 nitrogen and oxygen atoms in total. The van der Waals surface area contributed by atoms with E-state index in [0.717, 1.165) is 83.5 Å². The molecule has 1 fully saturated rings. The number of carbonyl (C=O) groups is 1. The van der Waals surface area contributed by atoms with Crippen molar-refractivity contribution in [3.63, 3.8) is 0 Å². The molecule has 4 N–H and O–H groups in total. The fourth-order valence-electron chi connectivity index (χ4n) is 7.38. The first-order valence-corrected chi connectivity index (χ1v) is 25.5. The van der Waals surface area contributed by atoms with Gasteiger partial charge in [-0.3, -0.25) is 4.79 Å². The van der Waals surface area contributed by atoms with Crippen molar-refractivity contribution >= 4 is 5.97 Å². The van der Waals surface area contributed by atoms with Crippen LogP contribution in [0.4, 0.5) is 0 Å². The summed E-state index contributed by atoms with van der Waals surface area (Å²) in [5, 5.41) is 40.2. The molecule has 0 radical (unpaired) electrons. The maximum absolute atomic E-state index is 12.8. The lowest BCUT2D eigenvalue weighted by Gasteiger charge is -2.39. The Morgan fingerprint density at radius 1 is 0.524 bits per heavy atom. The molecular formula is C54H94O9. The molecule has 0 saturated carbocycles. The quantitative estimate of drug-likeness (QED) is 0.0268. The molecule has 0 aromatic rings. The van der Waals surface area contributed by atoms with Crippen LogP contribution in [0.1, 0.15) is 200 Å². The van der Waals surface area contributed by atoms with E-state index in [9.17, 15) is 25.2 Å². The van der Waals surface area contributed by atoms with Gasteiger partial charge in [-0.15, -0.1) is 0 Å². The normalized spacial score (nSPS) is 20.3. The van der Waals surface area contributed by atoms with Gasteiger partial charge >= 0.3 is 5.97 Å². The van der Waals surface area contributed by atoms with Crippen molar-refractivity contribution in [2.75, 3.05) is 26.4 Å². The Balaban J connectivity index is 2.17. The standard InChI is InChI=1S/C54H94O9/c1-3-5-7-9-11-13-15-17-19-20-21-22-23-24-25-26-27-28-29-30-32-34-36-38-40-42-44-60-46-48(47-61-54-53(59)52(58)51(57)49(45-55)63-54)62-50(56)43-41-39-37-35-33-31-18-16-14-12-10-8-6-4-2/h5,7,10-13,16-19,21-22,48-49,51-55,57-59H,3-4,6,8-9,14-15,20,23-47H2,1-2H3/b7-5-,12-10-,13-11-,18-16-,19-17-,22-21-. The zero-order valence-corrected chi connectivity index (χ0v) is 40.1. The largest absolute Gasteiger partial charge is 0.457 e. The van der Waals surface area contributed by atoms with E-state index in [1.54, 1.807) is 0 Å². The Labute approximate surface area is 385 Å². The fraction of sp³-hybridized carbons (Fsp3) is 0.759. The van der Waals surface area contributed by atoms with Crippen molar-refractivity contribution in [1.82, 2.24) is 0 Å². The van der Waals surface area contributed by atoms with Crippen LogP contribution in [0, 0.1) is 0 Å². The molecule has 0 amide bonds. The summed E-state index contributed by atoms with van der Waals surface area (Å²) in [6.07, 6.45) is 52.2. The summed E-state index contributed by atoms with van der Waals surface area (Å²) < 4.78 is 22.9. The predicted octanol–water partition coefficient (Wildman–Crippen LogP) is 12.4. The number of hydrogen-bond donors (Lipinski definition) is 4. The van der Waals surface area contributed by atoms with Gasteiger partial charge in [0, 0.05) is 13.0 Å². The number of hydrogen-bond acceptors (Lipinski definition) is 9. The second-order valence-electron chi connectivity index (χ2n) is 17.2. The van der Waals surface area contributed by atoms with E-state index in [2.05, 4.69) is 86.8 Å². The molecule has 1 aliphatic rings. The van der Waals surface area contributed by atoms with E-state index in [-0.39, 0.29) is 19.2 Å². The molecule has 1 heterocycles. The molecular weight excluding hydrogens is 793 g/mol. The van der Waals surface area contributed by atoms with E-state index in [1.807, 2.05) is 0 Å². The van der Waals surface area contributed by atoms with Crippen LogP contribution < -0.4 is 0 Å². The van der Waals surface area contributed by atoms with E-state index < -0.39 is 43.4 Å². The molecule has 1 aliphatic heterocycles. The van der Waals surface area contributed by atoms with E-state index >= 15 is 0 Å². The minimum Gasteiger partial charge on any atom is -0.457 e. The van der Waals surface area contributed by atoms with Crippen LogP contribution in [-0.2, 0) is 23.7 Å². The molecule has 1 saturated heterocycles. The summed E-state index contributed by atoms with van der Waals surface area (Å²) in [4.78, 5) is 12.8. The lowest BCUT2D eigenvalue weighted by molar-refractivity contribution is -0.305. The van der Waals surface area contributed by atoms with E-state index in [1.165, 1.54) is 96.3 Å². The summed E-state index contributed by atoms with van der Waals surface area (Å²) in [6.45, 7) is 4.39. The molecule has 6 atom stereocenters. The van der Waals surface area contributed by atoms with Gasteiger partial charge in [-0.2, -0.15) is 0 Å². The average molecular weight is 887 g/mol. The maximum atomic E-state index is 12.8. The van der Waals surface area contributed by atoms with Crippen LogP contribution in [0.5, 0.6) is 0 Å². The zero-order chi connectivity index (χ0) is 45.7. The predicted molar refractivity (Wildman–Crippen MR) is 260 cm³/mol. The van der Waals surface area contributed by atoms with Crippen LogP contribution >= 0.6 is 0 Å². The minimum atomic E-state index is -1.54. The summed E-state index contributed by atoms with van der Waals surface area (Å²) in [7, 11) is 0. The van der Waals surface area contributed by atoms with Gasteiger partial charge in [-0.1, -0.05) is 189 Å². The second-order valence-corrected chi connectivity index (χ2v) is 17.2. The summed E-state index contributed by atoms with van der Waals surface area (Å²) in [5.74, 6) is -0.329. The minimum absolute atomic E-state index is 0.122. The molecule has 9 heteroatoms. The number of aliphatic hydroxyl groups excluding tert-OH is 4. The fourth-order valence-corrected chi connectivity index (χ4v) is 7.38. The average Bonchev–Trinajstić information content (AvgIpc) is 3.28. The molecule has 0 aliphatic carbocycles. The molecule has 0 bridgehead atoms. The lowest BCUT2D eigenvalue weighted by atomic mass is 9.99.